The fourth-order valence-corrected chi connectivity index (χ4v) is 5.79. The lowest BCUT2D eigenvalue weighted by Gasteiger charge is -2.17. The van der Waals surface area contributed by atoms with Gasteiger partial charge in [-0.2, -0.15) is 0 Å². The van der Waals surface area contributed by atoms with Gasteiger partial charge >= 0.3 is 0 Å². The number of hydrogen-bond donors (Lipinski definition) is 0. The van der Waals surface area contributed by atoms with Crippen LogP contribution in [0.2, 0.25) is 0 Å². The molecule has 2 aromatic carbocycles. The topological polar surface area (TPSA) is 73.1 Å². The molecule has 4 aromatic rings. The van der Waals surface area contributed by atoms with Gasteiger partial charge < -0.3 is 9.64 Å². The van der Waals surface area contributed by atoms with Gasteiger partial charge in [0.15, 0.2) is 11.0 Å². The van der Waals surface area contributed by atoms with Gasteiger partial charge in [0.1, 0.15) is 10.8 Å². The molecule has 0 spiro atoms. The lowest BCUT2D eigenvalue weighted by Crippen LogP contribution is -2.28. The number of carbonyl (C=O) groups is 1. The van der Waals surface area contributed by atoms with E-state index in [9.17, 15) is 9.18 Å². The number of nitrogens with zero attached hydrogens (tertiary/aromatic N) is 5. The zero-order valence-electron chi connectivity index (χ0n) is 18.7. The van der Waals surface area contributed by atoms with E-state index in [1.165, 1.54) is 23.9 Å². The van der Waals surface area contributed by atoms with Gasteiger partial charge in [-0.15, -0.1) is 21.5 Å². The summed E-state index contributed by atoms with van der Waals surface area (Å²) in [6.45, 7) is 1.80. The number of carbonyl (C=O) groups excluding carboxylic acids is 1. The van der Waals surface area contributed by atoms with Crippen molar-refractivity contribution in [3.8, 4) is 11.4 Å². The standard InChI is InChI=1S/C24H24FN5O2S2/c1-29(14-21-26-19-6-2-3-7-20(19)34-21)22(31)15-33-24-28-27-23(16-8-10-17(25)11-9-16)30(24)13-18-5-4-12-32-18/h2-3,6-11,18H,4-5,12-15H2,1H3. The summed E-state index contributed by atoms with van der Waals surface area (Å²) in [7, 11) is 1.79. The number of halogens is 1. The third-order valence-electron chi connectivity index (χ3n) is 5.69. The Bertz CT molecular complexity index is 1250. The van der Waals surface area contributed by atoms with E-state index in [0.717, 1.165) is 40.2 Å². The van der Waals surface area contributed by atoms with Crippen LogP contribution < -0.4 is 0 Å². The zero-order valence-corrected chi connectivity index (χ0v) is 20.3. The summed E-state index contributed by atoms with van der Waals surface area (Å²) in [6.07, 6.45) is 2.07. The van der Waals surface area contributed by atoms with Crippen LogP contribution in [0, 0.1) is 5.82 Å². The van der Waals surface area contributed by atoms with Gasteiger partial charge in [0, 0.05) is 19.2 Å². The van der Waals surface area contributed by atoms with Crippen LogP contribution in [-0.4, -0.2) is 56.1 Å². The predicted octanol–water partition coefficient (Wildman–Crippen LogP) is 4.62. The molecule has 1 fully saturated rings. The molecule has 1 unspecified atom stereocenters. The third kappa shape index (κ3) is 5.13. The van der Waals surface area contributed by atoms with Crippen molar-refractivity contribution in [1.29, 1.82) is 0 Å². The first kappa shape index (κ1) is 22.9. The molecule has 5 rings (SSSR count). The number of thioether (sulfide) groups is 1. The maximum atomic E-state index is 13.4. The highest BCUT2D eigenvalue weighted by Gasteiger charge is 2.23. The predicted molar refractivity (Wildman–Crippen MR) is 131 cm³/mol. The molecule has 1 aliphatic rings. The minimum atomic E-state index is -0.301. The fraction of sp³-hybridized carbons (Fsp3) is 0.333. The molecule has 34 heavy (non-hydrogen) atoms. The zero-order chi connectivity index (χ0) is 23.5. The van der Waals surface area contributed by atoms with Crippen LogP contribution in [-0.2, 0) is 22.6 Å². The molecule has 2 aromatic heterocycles. The average molecular weight is 498 g/mol. The number of para-hydroxylation sites is 1. The molecule has 10 heteroatoms. The molecule has 1 saturated heterocycles. The van der Waals surface area contributed by atoms with Crippen LogP contribution in [0.4, 0.5) is 4.39 Å². The second-order valence-corrected chi connectivity index (χ2v) is 10.2. The number of rotatable bonds is 8. The Morgan fingerprint density at radius 3 is 2.82 bits per heavy atom. The number of hydrogen-bond acceptors (Lipinski definition) is 7. The van der Waals surface area contributed by atoms with Crippen LogP contribution in [0.3, 0.4) is 0 Å². The largest absolute Gasteiger partial charge is 0.376 e. The van der Waals surface area contributed by atoms with E-state index in [4.69, 9.17) is 4.74 Å². The molecule has 1 amide bonds. The smallest absolute Gasteiger partial charge is 0.233 e. The van der Waals surface area contributed by atoms with Crippen molar-refractivity contribution in [3.05, 3.63) is 59.4 Å². The summed E-state index contributed by atoms with van der Waals surface area (Å²) >= 11 is 2.95. The van der Waals surface area contributed by atoms with E-state index in [1.54, 1.807) is 35.4 Å². The lowest BCUT2D eigenvalue weighted by atomic mass is 10.2. The number of benzene rings is 2. The van der Waals surface area contributed by atoms with E-state index in [2.05, 4.69) is 15.2 Å². The molecule has 0 aliphatic carbocycles. The van der Waals surface area contributed by atoms with E-state index in [-0.39, 0.29) is 23.6 Å². The average Bonchev–Trinajstić information content (AvgIpc) is 3.58. The third-order valence-corrected chi connectivity index (χ3v) is 7.66. The molecular formula is C24H24FN5O2S2. The van der Waals surface area contributed by atoms with Gasteiger partial charge in [0.2, 0.25) is 5.91 Å². The van der Waals surface area contributed by atoms with Gasteiger partial charge in [-0.25, -0.2) is 9.37 Å². The minimum absolute atomic E-state index is 0.0146. The van der Waals surface area contributed by atoms with E-state index in [0.29, 0.717) is 24.1 Å². The van der Waals surface area contributed by atoms with Gasteiger partial charge in [-0.3, -0.25) is 9.36 Å². The Balaban J connectivity index is 1.28. The summed E-state index contributed by atoms with van der Waals surface area (Å²) in [5.74, 6) is 0.562. The van der Waals surface area contributed by atoms with Gasteiger partial charge in [0.25, 0.3) is 0 Å². The Kier molecular flexibility index (Phi) is 6.89. The summed E-state index contributed by atoms with van der Waals surface area (Å²) in [6, 6.07) is 14.2. The highest BCUT2D eigenvalue weighted by molar-refractivity contribution is 7.99. The summed E-state index contributed by atoms with van der Waals surface area (Å²) in [4.78, 5) is 19.2. The van der Waals surface area contributed by atoms with Crippen LogP contribution in [0.15, 0.2) is 53.7 Å². The molecule has 0 radical (unpaired) electrons. The van der Waals surface area contributed by atoms with Crippen molar-refractivity contribution < 1.29 is 13.9 Å². The van der Waals surface area contributed by atoms with Crippen LogP contribution in [0.1, 0.15) is 17.8 Å². The molecule has 1 aliphatic heterocycles. The van der Waals surface area contributed by atoms with E-state index < -0.39 is 0 Å². The maximum absolute atomic E-state index is 13.4. The number of aromatic nitrogens is 4. The number of ether oxygens (including phenoxy) is 1. The number of thiazole rings is 1. The van der Waals surface area contributed by atoms with Crippen LogP contribution >= 0.6 is 23.1 Å². The molecule has 0 bridgehead atoms. The molecule has 176 valence electrons. The van der Waals surface area contributed by atoms with Crippen molar-refractivity contribution in [2.24, 2.45) is 0 Å². The van der Waals surface area contributed by atoms with Crippen LogP contribution in [0.5, 0.6) is 0 Å². The van der Waals surface area contributed by atoms with Crippen molar-refractivity contribution in [2.45, 2.75) is 37.2 Å². The number of fused-ring (bicyclic) bond motifs is 1. The maximum Gasteiger partial charge on any atom is 0.233 e. The molecule has 1 atom stereocenters. The highest BCUT2D eigenvalue weighted by Crippen LogP contribution is 2.27. The van der Waals surface area contributed by atoms with E-state index >= 15 is 0 Å². The summed E-state index contributed by atoms with van der Waals surface area (Å²) < 4.78 is 22.3. The van der Waals surface area contributed by atoms with Crippen molar-refractivity contribution >= 4 is 39.2 Å². The van der Waals surface area contributed by atoms with Gasteiger partial charge in [0.05, 0.1) is 35.2 Å². The molecule has 0 N–H and O–H groups in total. The first-order valence-corrected chi connectivity index (χ1v) is 12.9. The summed E-state index contributed by atoms with van der Waals surface area (Å²) in [5.41, 5.74) is 1.73. The molecule has 7 nitrogen and oxygen atoms in total. The van der Waals surface area contributed by atoms with Gasteiger partial charge in [-0.1, -0.05) is 23.9 Å². The fourth-order valence-electron chi connectivity index (χ4n) is 3.88. The molecule has 3 heterocycles. The Morgan fingerprint density at radius 1 is 1.24 bits per heavy atom. The van der Waals surface area contributed by atoms with Crippen molar-refractivity contribution in [1.82, 2.24) is 24.6 Å². The number of amides is 1. The molecule has 0 saturated carbocycles. The second-order valence-electron chi connectivity index (χ2n) is 8.17. The lowest BCUT2D eigenvalue weighted by molar-refractivity contribution is -0.127. The quantitative estimate of drug-likeness (QED) is 0.331. The highest BCUT2D eigenvalue weighted by atomic mass is 32.2. The van der Waals surface area contributed by atoms with Gasteiger partial charge in [-0.05, 0) is 49.2 Å². The SMILES string of the molecule is CN(Cc1nc2ccccc2s1)C(=O)CSc1nnc(-c2ccc(F)cc2)n1CC1CCCO1. The second kappa shape index (κ2) is 10.2. The normalized spacial score (nSPS) is 15.8. The van der Waals surface area contributed by atoms with E-state index in [1.807, 2.05) is 28.8 Å². The Hall–Kier alpha value is -2.82. The Labute approximate surface area is 205 Å². The summed E-state index contributed by atoms with van der Waals surface area (Å²) in [5, 5.41) is 10.3. The monoisotopic (exact) mass is 497 g/mol. The minimum Gasteiger partial charge on any atom is -0.376 e. The Morgan fingerprint density at radius 2 is 2.06 bits per heavy atom. The van der Waals surface area contributed by atoms with Crippen molar-refractivity contribution in [2.75, 3.05) is 19.4 Å². The molecular weight excluding hydrogens is 473 g/mol. The first-order chi connectivity index (χ1) is 16.6. The first-order valence-electron chi connectivity index (χ1n) is 11.1. The van der Waals surface area contributed by atoms with Crippen LogP contribution in [0.25, 0.3) is 21.6 Å². The van der Waals surface area contributed by atoms with Crippen molar-refractivity contribution in [3.63, 3.8) is 0 Å².